The Hall–Kier alpha value is -1.95. The first kappa shape index (κ1) is 12.1. The highest BCUT2D eigenvalue weighted by Crippen LogP contribution is 1.96. The molecule has 1 heterocycles. The van der Waals surface area contributed by atoms with E-state index in [2.05, 4.69) is 4.98 Å². The van der Waals surface area contributed by atoms with Gasteiger partial charge in [0.1, 0.15) is 0 Å². The van der Waals surface area contributed by atoms with Crippen molar-refractivity contribution in [1.82, 2.24) is 15.3 Å². The molecule has 6 heteroatoms. The third-order valence-corrected chi connectivity index (χ3v) is 2.10. The molecule has 0 atom stereocenters. The van der Waals surface area contributed by atoms with Crippen molar-refractivity contribution in [3.63, 3.8) is 0 Å². The van der Waals surface area contributed by atoms with Gasteiger partial charge in [-0.3, -0.25) is 20.0 Å². The van der Waals surface area contributed by atoms with Crippen molar-refractivity contribution in [1.29, 1.82) is 0 Å². The van der Waals surface area contributed by atoms with Gasteiger partial charge in [0, 0.05) is 31.9 Å². The van der Waals surface area contributed by atoms with E-state index in [1.54, 1.807) is 18.7 Å². The first-order valence-electron chi connectivity index (χ1n) is 4.81. The Balaban J connectivity index is 2.44. The zero-order valence-corrected chi connectivity index (χ0v) is 9.01. The van der Waals surface area contributed by atoms with Crippen molar-refractivity contribution in [2.75, 3.05) is 13.6 Å². The second kappa shape index (κ2) is 5.82. The van der Waals surface area contributed by atoms with Gasteiger partial charge >= 0.3 is 11.8 Å². The molecule has 86 valence electrons. The van der Waals surface area contributed by atoms with Crippen molar-refractivity contribution in [2.24, 2.45) is 5.84 Å². The Morgan fingerprint density at radius 1 is 1.50 bits per heavy atom. The van der Waals surface area contributed by atoms with Crippen molar-refractivity contribution < 1.29 is 9.59 Å². The molecule has 0 saturated heterocycles. The molecule has 3 N–H and O–H groups in total. The second-order valence-electron chi connectivity index (χ2n) is 3.27. The molecule has 0 aliphatic rings. The van der Waals surface area contributed by atoms with E-state index in [1.807, 2.05) is 18.2 Å². The van der Waals surface area contributed by atoms with Crippen LogP contribution in [0.15, 0.2) is 24.4 Å². The third kappa shape index (κ3) is 3.32. The van der Waals surface area contributed by atoms with Gasteiger partial charge in [-0.25, -0.2) is 5.84 Å². The quantitative estimate of drug-likeness (QED) is 0.299. The number of hydrogen-bond acceptors (Lipinski definition) is 4. The molecule has 0 radical (unpaired) electrons. The fourth-order valence-electron chi connectivity index (χ4n) is 1.16. The van der Waals surface area contributed by atoms with E-state index in [4.69, 9.17) is 5.84 Å². The summed E-state index contributed by atoms with van der Waals surface area (Å²) in [5, 5.41) is 0. The van der Waals surface area contributed by atoms with Crippen LogP contribution in [-0.4, -0.2) is 35.3 Å². The van der Waals surface area contributed by atoms with Gasteiger partial charge in [0.15, 0.2) is 0 Å². The van der Waals surface area contributed by atoms with Crippen LogP contribution < -0.4 is 11.3 Å². The molecule has 0 fully saturated rings. The number of nitrogens with two attached hydrogens (primary N) is 1. The summed E-state index contributed by atoms with van der Waals surface area (Å²) in [5.41, 5.74) is 2.67. The predicted octanol–water partition coefficient (Wildman–Crippen LogP) is -0.928. The molecule has 0 aromatic carbocycles. The molecule has 0 spiro atoms. The lowest BCUT2D eigenvalue weighted by molar-refractivity contribution is -0.144. The monoisotopic (exact) mass is 222 g/mol. The van der Waals surface area contributed by atoms with E-state index in [1.165, 1.54) is 4.90 Å². The minimum atomic E-state index is -0.816. The Morgan fingerprint density at radius 3 is 2.81 bits per heavy atom. The topological polar surface area (TPSA) is 88.3 Å². The Kier molecular flexibility index (Phi) is 4.41. The molecule has 0 aliphatic carbocycles. The molecule has 6 nitrogen and oxygen atoms in total. The van der Waals surface area contributed by atoms with Gasteiger partial charge in [0.05, 0.1) is 0 Å². The van der Waals surface area contributed by atoms with Crippen LogP contribution in [0.5, 0.6) is 0 Å². The molecule has 0 saturated carbocycles. The molecule has 16 heavy (non-hydrogen) atoms. The SMILES string of the molecule is CN(CCc1ccccn1)C(=O)C(=O)NN. The number of carbonyl (C=O) groups excluding carboxylic acids is 2. The van der Waals surface area contributed by atoms with E-state index in [-0.39, 0.29) is 0 Å². The highest BCUT2D eigenvalue weighted by atomic mass is 16.2. The number of likely N-dealkylation sites (N-methyl/N-ethyl adjacent to an activating group) is 1. The van der Waals surface area contributed by atoms with Gasteiger partial charge < -0.3 is 4.90 Å². The number of rotatable bonds is 3. The van der Waals surface area contributed by atoms with Gasteiger partial charge in [0.2, 0.25) is 0 Å². The van der Waals surface area contributed by atoms with Crippen molar-refractivity contribution >= 4 is 11.8 Å². The molecule has 1 aromatic heterocycles. The molecule has 1 rings (SSSR count). The van der Waals surface area contributed by atoms with E-state index in [0.717, 1.165) is 5.69 Å². The lowest BCUT2D eigenvalue weighted by atomic mass is 10.2. The van der Waals surface area contributed by atoms with E-state index in [9.17, 15) is 9.59 Å². The maximum absolute atomic E-state index is 11.3. The second-order valence-corrected chi connectivity index (χ2v) is 3.27. The fraction of sp³-hybridized carbons (Fsp3) is 0.300. The highest BCUT2D eigenvalue weighted by Gasteiger charge is 2.16. The zero-order valence-electron chi connectivity index (χ0n) is 9.01. The van der Waals surface area contributed by atoms with E-state index >= 15 is 0 Å². The van der Waals surface area contributed by atoms with Gasteiger partial charge in [-0.15, -0.1) is 0 Å². The summed E-state index contributed by atoms with van der Waals surface area (Å²) < 4.78 is 0. The molecule has 0 unspecified atom stereocenters. The number of nitrogens with one attached hydrogen (secondary N) is 1. The molecule has 0 aliphatic heterocycles. The first-order valence-corrected chi connectivity index (χ1v) is 4.81. The number of hydrazine groups is 1. The van der Waals surface area contributed by atoms with Crippen molar-refractivity contribution in [3.05, 3.63) is 30.1 Å². The number of aromatic nitrogens is 1. The highest BCUT2D eigenvalue weighted by molar-refractivity contribution is 6.34. The number of carbonyl (C=O) groups is 2. The first-order chi connectivity index (χ1) is 7.65. The molecule has 0 bridgehead atoms. The lowest BCUT2D eigenvalue weighted by Crippen LogP contribution is -2.44. The Morgan fingerprint density at radius 2 is 2.25 bits per heavy atom. The summed E-state index contributed by atoms with van der Waals surface area (Å²) in [6.45, 7) is 0.420. The minimum absolute atomic E-state index is 0.420. The van der Waals surface area contributed by atoms with Crippen LogP contribution in [0.25, 0.3) is 0 Å². The van der Waals surface area contributed by atoms with Crippen LogP contribution in [0.1, 0.15) is 5.69 Å². The maximum Gasteiger partial charge on any atom is 0.323 e. The number of hydrogen-bond donors (Lipinski definition) is 2. The van der Waals surface area contributed by atoms with Crippen LogP contribution in [0.2, 0.25) is 0 Å². The molecular formula is C10H14N4O2. The van der Waals surface area contributed by atoms with Crippen LogP contribution in [0.3, 0.4) is 0 Å². The maximum atomic E-state index is 11.3. The van der Waals surface area contributed by atoms with Crippen LogP contribution >= 0.6 is 0 Å². The summed E-state index contributed by atoms with van der Waals surface area (Å²) in [6, 6.07) is 5.55. The van der Waals surface area contributed by atoms with E-state index in [0.29, 0.717) is 13.0 Å². The van der Waals surface area contributed by atoms with Gasteiger partial charge in [-0.2, -0.15) is 0 Å². The predicted molar refractivity (Wildman–Crippen MR) is 57.9 cm³/mol. The standard InChI is InChI=1S/C10H14N4O2/c1-14(10(16)9(15)13-11)7-5-8-4-2-3-6-12-8/h2-4,6H,5,7,11H2,1H3,(H,13,15). The van der Waals surface area contributed by atoms with Crippen LogP contribution in [0, 0.1) is 0 Å². The van der Waals surface area contributed by atoms with Crippen LogP contribution in [0.4, 0.5) is 0 Å². The lowest BCUT2D eigenvalue weighted by Gasteiger charge is -2.15. The number of amides is 2. The summed E-state index contributed by atoms with van der Waals surface area (Å²) in [5.74, 6) is 3.39. The number of nitrogens with zero attached hydrogens (tertiary/aromatic N) is 2. The van der Waals surface area contributed by atoms with Crippen molar-refractivity contribution in [3.8, 4) is 0 Å². The van der Waals surface area contributed by atoms with Gasteiger partial charge in [-0.1, -0.05) is 6.07 Å². The number of pyridine rings is 1. The molecule has 1 aromatic rings. The summed E-state index contributed by atoms with van der Waals surface area (Å²) in [7, 11) is 1.54. The smallest absolute Gasteiger partial charge is 0.323 e. The zero-order chi connectivity index (χ0) is 12.0. The average molecular weight is 222 g/mol. The van der Waals surface area contributed by atoms with Crippen molar-refractivity contribution in [2.45, 2.75) is 6.42 Å². The molecule has 2 amide bonds. The minimum Gasteiger partial charge on any atom is -0.337 e. The summed E-state index contributed by atoms with van der Waals surface area (Å²) in [6.07, 6.45) is 2.28. The van der Waals surface area contributed by atoms with E-state index < -0.39 is 11.8 Å². The van der Waals surface area contributed by atoms with Gasteiger partial charge in [-0.05, 0) is 12.1 Å². The summed E-state index contributed by atoms with van der Waals surface area (Å²) in [4.78, 5) is 27.6. The van der Waals surface area contributed by atoms with Gasteiger partial charge in [0.25, 0.3) is 0 Å². The Bertz CT molecular complexity index is 366. The normalized spacial score (nSPS) is 9.62. The average Bonchev–Trinajstić information content (AvgIpc) is 2.35. The fourth-order valence-corrected chi connectivity index (χ4v) is 1.16. The Labute approximate surface area is 93.4 Å². The third-order valence-electron chi connectivity index (χ3n) is 2.10. The molecular weight excluding hydrogens is 208 g/mol. The summed E-state index contributed by atoms with van der Waals surface area (Å²) >= 11 is 0. The largest absolute Gasteiger partial charge is 0.337 e. The van der Waals surface area contributed by atoms with Crippen LogP contribution in [-0.2, 0) is 16.0 Å².